The van der Waals surface area contributed by atoms with Gasteiger partial charge in [-0.05, 0) is 6.07 Å². The highest BCUT2D eigenvalue weighted by atomic mass is 19.2. The number of halogens is 4. The predicted molar refractivity (Wildman–Crippen MR) is 37.6 cm³/mol. The summed E-state index contributed by atoms with van der Waals surface area (Å²) in [6, 6.07) is 0.236. The van der Waals surface area contributed by atoms with Crippen molar-refractivity contribution in [2.24, 2.45) is 0 Å². The number of carbonyl (C=O) groups excluding carboxylic acids is 1. The lowest BCUT2D eigenvalue weighted by Crippen LogP contribution is -2.09. The summed E-state index contributed by atoms with van der Waals surface area (Å²) in [5, 5.41) is 0. The SMILES string of the molecule is COC(=O)c1cc(F)c(F)c(F)c1F. The Balaban J connectivity index is 3.40. The molecule has 0 saturated heterocycles. The quantitative estimate of drug-likeness (QED) is 0.305. The van der Waals surface area contributed by atoms with Crippen LogP contribution in [0.2, 0.25) is 0 Å². The van der Waals surface area contributed by atoms with Crippen molar-refractivity contribution in [3.63, 3.8) is 0 Å². The van der Waals surface area contributed by atoms with Crippen LogP contribution in [0, 0.1) is 23.3 Å². The summed E-state index contributed by atoms with van der Waals surface area (Å²) >= 11 is 0. The van der Waals surface area contributed by atoms with Crippen molar-refractivity contribution < 1.29 is 27.1 Å². The summed E-state index contributed by atoms with van der Waals surface area (Å²) in [4.78, 5) is 10.7. The Hall–Kier alpha value is -1.59. The van der Waals surface area contributed by atoms with Crippen LogP contribution in [0.5, 0.6) is 0 Å². The van der Waals surface area contributed by atoms with E-state index in [0.717, 1.165) is 7.11 Å². The second-order valence-electron chi connectivity index (χ2n) is 2.34. The second kappa shape index (κ2) is 3.65. The van der Waals surface area contributed by atoms with Crippen LogP contribution in [-0.2, 0) is 4.74 Å². The Labute approximate surface area is 76.1 Å². The zero-order valence-corrected chi connectivity index (χ0v) is 6.91. The first-order valence-corrected chi connectivity index (χ1v) is 3.40. The van der Waals surface area contributed by atoms with Gasteiger partial charge in [0.15, 0.2) is 23.3 Å². The van der Waals surface area contributed by atoms with Gasteiger partial charge in [0.2, 0.25) is 0 Å². The third-order valence-corrected chi connectivity index (χ3v) is 1.51. The molecule has 0 fully saturated rings. The van der Waals surface area contributed by atoms with Gasteiger partial charge in [0.05, 0.1) is 7.11 Å². The van der Waals surface area contributed by atoms with Crippen LogP contribution < -0.4 is 0 Å². The van der Waals surface area contributed by atoms with E-state index in [-0.39, 0.29) is 6.07 Å². The molecule has 0 spiro atoms. The summed E-state index contributed by atoms with van der Waals surface area (Å²) in [6.07, 6.45) is 0. The van der Waals surface area contributed by atoms with E-state index in [4.69, 9.17) is 0 Å². The summed E-state index contributed by atoms with van der Waals surface area (Å²) in [7, 11) is 0.904. The number of benzene rings is 1. The molecule has 0 N–H and O–H groups in total. The molecule has 0 aliphatic rings. The van der Waals surface area contributed by atoms with Crippen molar-refractivity contribution in [2.45, 2.75) is 0 Å². The lowest BCUT2D eigenvalue weighted by Gasteiger charge is -2.03. The number of rotatable bonds is 1. The molecule has 0 aromatic heterocycles. The summed E-state index contributed by atoms with van der Waals surface area (Å²) < 4.78 is 54.3. The number of carbonyl (C=O) groups is 1. The van der Waals surface area contributed by atoms with E-state index in [1.807, 2.05) is 0 Å². The number of methoxy groups -OCH3 is 1. The van der Waals surface area contributed by atoms with E-state index in [2.05, 4.69) is 4.74 Å². The molecule has 76 valence electrons. The van der Waals surface area contributed by atoms with Gasteiger partial charge in [-0.25, -0.2) is 22.4 Å². The van der Waals surface area contributed by atoms with Gasteiger partial charge >= 0.3 is 5.97 Å². The summed E-state index contributed by atoms with van der Waals surface area (Å²) in [5.74, 6) is -8.69. The molecule has 14 heavy (non-hydrogen) atoms. The molecule has 0 aliphatic carbocycles. The predicted octanol–water partition coefficient (Wildman–Crippen LogP) is 2.03. The molecule has 0 unspecified atom stereocenters. The van der Waals surface area contributed by atoms with Crippen molar-refractivity contribution in [1.29, 1.82) is 0 Å². The molecule has 1 rings (SSSR count). The number of esters is 1. The molecular formula is C8H4F4O2. The van der Waals surface area contributed by atoms with Gasteiger partial charge in [0.1, 0.15) is 5.56 Å². The molecule has 0 atom stereocenters. The van der Waals surface area contributed by atoms with Gasteiger partial charge in [-0.3, -0.25) is 0 Å². The average molecular weight is 208 g/mol. The number of hydrogen-bond acceptors (Lipinski definition) is 2. The Bertz CT molecular complexity index is 389. The lowest BCUT2D eigenvalue weighted by molar-refractivity contribution is 0.0593. The van der Waals surface area contributed by atoms with Crippen molar-refractivity contribution >= 4 is 5.97 Å². The van der Waals surface area contributed by atoms with Gasteiger partial charge < -0.3 is 4.74 Å². The van der Waals surface area contributed by atoms with E-state index in [1.54, 1.807) is 0 Å². The molecular weight excluding hydrogens is 204 g/mol. The highest BCUT2D eigenvalue weighted by molar-refractivity contribution is 5.89. The van der Waals surface area contributed by atoms with E-state index in [9.17, 15) is 22.4 Å². The molecule has 6 heteroatoms. The minimum atomic E-state index is -2.04. The molecule has 0 aliphatic heterocycles. The maximum absolute atomic E-state index is 12.8. The lowest BCUT2D eigenvalue weighted by atomic mass is 10.2. The molecule has 1 aromatic carbocycles. The van der Waals surface area contributed by atoms with Gasteiger partial charge in [-0.15, -0.1) is 0 Å². The van der Waals surface area contributed by atoms with Gasteiger partial charge in [-0.1, -0.05) is 0 Å². The Morgan fingerprint density at radius 2 is 1.71 bits per heavy atom. The zero-order chi connectivity index (χ0) is 10.9. The first kappa shape index (κ1) is 10.5. The van der Waals surface area contributed by atoms with Crippen LogP contribution in [0.1, 0.15) is 10.4 Å². The summed E-state index contributed by atoms with van der Waals surface area (Å²) in [5.41, 5.74) is -0.982. The van der Waals surface area contributed by atoms with Crippen LogP contribution in [0.3, 0.4) is 0 Å². The van der Waals surface area contributed by atoms with Gasteiger partial charge in [0.25, 0.3) is 0 Å². The molecule has 2 nitrogen and oxygen atoms in total. The topological polar surface area (TPSA) is 26.3 Å². The van der Waals surface area contributed by atoms with Crippen LogP contribution in [0.4, 0.5) is 17.6 Å². The standard InChI is InChI=1S/C8H4F4O2/c1-14-8(13)3-2-4(9)6(11)7(12)5(3)10/h2H,1H3. The largest absolute Gasteiger partial charge is 0.465 e. The highest BCUT2D eigenvalue weighted by Crippen LogP contribution is 2.19. The smallest absolute Gasteiger partial charge is 0.341 e. The molecule has 0 saturated carbocycles. The van der Waals surface area contributed by atoms with Crippen LogP contribution in [0.25, 0.3) is 0 Å². The Kier molecular flexibility index (Phi) is 2.73. The first-order valence-electron chi connectivity index (χ1n) is 3.40. The fourth-order valence-electron chi connectivity index (χ4n) is 0.831. The van der Waals surface area contributed by atoms with Crippen LogP contribution in [0.15, 0.2) is 6.07 Å². The zero-order valence-electron chi connectivity index (χ0n) is 6.91. The van der Waals surface area contributed by atoms with Gasteiger partial charge in [0, 0.05) is 0 Å². The maximum Gasteiger partial charge on any atom is 0.341 e. The average Bonchev–Trinajstić information content (AvgIpc) is 2.19. The molecule has 0 radical (unpaired) electrons. The van der Waals surface area contributed by atoms with Crippen LogP contribution >= 0.6 is 0 Å². The molecule has 0 amide bonds. The van der Waals surface area contributed by atoms with Crippen LogP contribution in [-0.4, -0.2) is 13.1 Å². The van der Waals surface area contributed by atoms with Crippen molar-refractivity contribution in [1.82, 2.24) is 0 Å². The fourth-order valence-corrected chi connectivity index (χ4v) is 0.831. The third kappa shape index (κ3) is 1.55. The fraction of sp³-hybridized carbons (Fsp3) is 0.125. The number of hydrogen-bond donors (Lipinski definition) is 0. The highest BCUT2D eigenvalue weighted by Gasteiger charge is 2.23. The monoisotopic (exact) mass is 208 g/mol. The minimum absolute atomic E-state index is 0.236. The Morgan fingerprint density at radius 1 is 1.14 bits per heavy atom. The van der Waals surface area contributed by atoms with Crippen molar-refractivity contribution in [2.75, 3.05) is 7.11 Å². The first-order chi connectivity index (χ1) is 6.49. The minimum Gasteiger partial charge on any atom is -0.465 e. The van der Waals surface area contributed by atoms with Crippen molar-refractivity contribution in [3.8, 4) is 0 Å². The van der Waals surface area contributed by atoms with E-state index in [1.165, 1.54) is 0 Å². The number of ether oxygens (including phenoxy) is 1. The molecule has 0 heterocycles. The van der Waals surface area contributed by atoms with Gasteiger partial charge in [-0.2, -0.15) is 0 Å². The Morgan fingerprint density at radius 3 is 2.21 bits per heavy atom. The van der Waals surface area contributed by atoms with E-state index < -0.39 is 34.8 Å². The third-order valence-electron chi connectivity index (χ3n) is 1.51. The molecule has 0 bridgehead atoms. The maximum atomic E-state index is 12.8. The second-order valence-corrected chi connectivity index (χ2v) is 2.34. The summed E-state index contributed by atoms with van der Waals surface area (Å²) in [6.45, 7) is 0. The van der Waals surface area contributed by atoms with Crippen molar-refractivity contribution in [3.05, 3.63) is 34.9 Å². The van der Waals surface area contributed by atoms with E-state index in [0.29, 0.717) is 0 Å². The van der Waals surface area contributed by atoms with E-state index >= 15 is 0 Å². The normalized spacial score (nSPS) is 10.1. The molecule has 1 aromatic rings.